The number of carbonyl (C=O) groups is 2. The molecule has 1 amide bonds. The number of hydrogen-bond acceptors (Lipinski definition) is 3. The number of aryl methyl sites for hydroxylation is 2. The van der Waals surface area contributed by atoms with Crippen molar-refractivity contribution < 1.29 is 19.4 Å². The van der Waals surface area contributed by atoms with Gasteiger partial charge < -0.3 is 15.2 Å². The summed E-state index contributed by atoms with van der Waals surface area (Å²) >= 11 is 0. The Bertz CT molecular complexity index is 532. The number of carboxylic acid groups (broad SMARTS) is 1. The van der Waals surface area contributed by atoms with E-state index in [0.29, 0.717) is 5.75 Å². The lowest BCUT2D eigenvalue weighted by Crippen LogP contribution is -2.50. The van der Waals surface area contributed by atoms with E-state index in [-0.39, 0.29) is 6.61 Å². The molecule has 0 aromatic heterocycles. The highest BCUT2D eigenvalue weighted by Gasteiger charge is 2.32. The van der Waals surface area contributed by atoms with Gasteiger partial charge in [-0.1, -0.05) is 38.5 Å². The minimum Gasteiger partial charge on any atom is -0.484 e. The Hall–Kier alpha value is -2.04. The molecule has 0 saturated heterocycles. The number of aliphatic carboxylic acids is 1. The highest BCUT2D eigenvalue weighted by molar-refractivity contribution is 5.84. The van der Waals surface area contributed by atoms with Crippen molar-refractivity contribution in [3.8, 4) is 5.75 Å². The lowest BCUT2D eigenvalue weighted by atomic mass is 9.87. The summed E-state index contributed by atoms with van der Waals surface area (Å²) in [6, 6.07) is 4.71. The fourth-order valence-electron chi connectivity index (χ4n) is 1.96. The second-order valence-electron chi connectivity index (χ2n) is 6.26. The first-order chi connectivity index (χ1) is 9.61. The molecule has 0 saturated carbocycles. The van der Waals surface area contributed by atoms with Gasteiger partial charge in [0.15, 0.2) is 6.61 Å². The Morgan fingerprint density at radius 3 is 2.38 bits per heavy atom. The van der Waals surface area contributed by atoms with Gasteiger partial charge in [0, 0.05) is 0 Å². The first kappa shape index (κ1) is 17.0. The topological polar surface area (TPSA) is 75.6 Å². The molecule has 0 fully saturated rings. The molecular formula is C16H23NO4. The molecule has 0 aliphatic carbocycles. The maximum absolute atomic E-state index is 11.9. The molecular weight excluding hydrogens is 270 g/mol. The summed E-state index contributed by atoms with van der Waals surface area (Å²) in [7, 11) is 0. The number of benzene rings is 1. The normalized spacial score (nSPS) is 12.6. The maximum Gasteiger partial charge on any atom is 0.326 e. The average Bonchev–Trinajstić information content (AvgIpc) is 2.33. The van der Waals surface area contributed by atoms with Gasteiger partial charge in [0.1, 0.15) is 11.8 Å². The van der Waals surface area contributed by atoms with Crippen molar-refractivity contribution >= 4 is 11.9 Å². The molecule has 1 atom stereocenters. The molecule has 5 nitrogen and oxygen atoms in total. The predicted octanol–water partition coefficient (Wildman–Crippen LogP) is 2.30. The Morgan fingerprint density at radius 2 is 1.90 bits per heavy atom. The van der Waals surface area contributed by atoms with Crippen molar-refractivity contribution in [3.63, 3.8) is 0 Å². The van der Waals surface area contributed by atoms with Gasteiger partial charge in [-0.25, -0.2) is 4.79 Å². The summed E-state index contributed by atoms with van der Waals surface area (Å²) in [6.45, 7) is 8.95. The van der Waals surface area contributed by atoms with E-state index in [1.807, 2.05) is 26.0 Å². The Morgan fingerprint density at radius 1 is 1.29 bits per heavy atom. The van der Waals surface area contributed by atoms with Crippen LogP contribution in [-0.2, 0) is 9.59 Å². The molecule has 2 N–H and O–H groups in total. The van der Waals surface area contributed by atoms with Crippen LogP contribution in [0.3, 0.4) is 0 Å². The van der Waals surface area contributed by atoms with Crippen LogP contribution in [0.25, 0.3) is 0 Å². The minimum atomic E-state index is -1.05. The SMILES string of the molecule is Cc1ccc(OCC(=O)N[C@@H](C(=O)O)C(C)(C)C)c(C)c1. The molecule has 0 unspecified atom stereocenters. The molecule has 0 heterocycles. The molecule has 1 aromatic rings. The summed E-state index contributed by atoms with van der Waals surface area (Å²) in [5.74, 6) is -0.877. The number of carboxylic acids is 1. The smallest absolute Gasteiger partial charge is 0.326 e. The standard InChI is InChI=1S/C16H23NO4/c1-10-6-7-12(11(2)8-10)21-9-13(18)17-14(15(19)20)16(3,4)5/h6-8,14H,9H2,1-5H3,(H,17,18)(H,19,20)/t14-/m0/s1. The highest BCUT2D eigenvalue weighted by atomic mass is 16.5. The Balaban J connectivity index is 2.63. The minimum absolute atomic E-state index is 0.205. The first-order valence-electron chi connectivity index (χ1n) is 6.83. The third-order valence-electron chi connectivity index (χ3n) is 3.11. The summed E-state index contributed by atoms with van der Waals surface area (Å²) < 4.78 is 5.44. The van der Waals surface area contributed by atoms with Crippen LogP contribution < -0.4 is 10.1 Å². The van der Waals surface area contributed by atoms with Crippen LogP contribution in [0.2, 0.25) is 0 Å². The number of rotatable bonds is 5. The van der Waals surface area contributed by atoms with E-state index >= 15 is 0 Å². The van der Waals surface area contributed by atoms with Gasteiger partial charge in [-0.15, -0.1) is 0 Å². The third kappa shape index (κ3) is 5.10. The molecule has 0 aliphatic heterocycles. The van der Waals surface area contributed by atoms with Crippen molar-refractivity contribution in [2.24, 2.45) is 5.41 Å². The molecule has 21 heavy (non-hydrogen) atoms. The predicted molar refractivity (Wildman–Crippen MR) is 80.4 cm³/mol. The van der Waals surface area contributed by atoms with E-state index in [0.717, 1.165) is 11.1 Å². The van der Waals surface area contributed by atoms with E-state index in [9.17, 15) is 9.59 Å². The largest absolute Gasteiger partial charge is 0.484 e. The van der Waals surface area contributed by atoms with Crippen LogP contribution in [0.15, 0.2) is 18.2 Å². The number of amides is 1. The number of ether oxygens (including phenoxy) is 1. The summed E-state index contributed by atoms with van der Waals surface area (Å²) in [5, 5.41) is 11.7. The monoisotopic (exact) mass is 293 g/mol. The van der Waals surface area contributed by atoms with Crippen molar-refractivity contribution in [1.29, 1.82) is 0 Å². The van der Waals surface area contributed by atoms with Crippen LogP contribution in [0.5, 0.6) is 5.75 Å². The van der Waals surface area contributed by atoms with E-state index < -0.39 is 23.3 Å². The van der Waals surface area contributed by atoms with E-state index in [2.05, 4.69) is 5.32 Å². The van der Waals surface area contributed by atoms with Gasteiger partial charge in [-0.2, -0.15) is 0 Å². The Kier molecular flexibility index (Phi) is 5.35. The quantitative estimate of drug-likeness (QED) is 0.873. The van der Waals surface area contributed by atoms with Gasteiger partial charge in [0.25, 0.3) is 5.91 Å². The van der Waals surface area contributed by atoms with E-state index in [4.69, 9.17) is 9.84 Å². The molecule has 0 radical (unpaired) electrons. The molecule has 0 aliphatic rings. The van der Waals surface area contributed by atoms with Gasteiger partial charge in [0.2, 0.25) is 0 Å². The van der Waals surface area contributed by atoms with E-state index in [1.165, 1.54) is 0 Å². The van der Waals surface area contributed by atoms with Crippen LogP contribution >= 0.6 is 0 Å². The highest BCUT2D eigenvalue weighted by Crippen LogP contribution is 2.20. The van der Waals surface area contributed by atoms with Gasteiger partial charge in [0.05, 0.1) is 0 Å². The van der Waals surface area contributed by atoms with Crippen molar-refractivity contribution in [2.75, 3.05) is 6.61 Å². The van der Waals surface area contributed by atoms with Crippen molar-refractivity contribution in [2.45, 2.75) is 40.7 Å². The van der Waals surface area contributed by atoms with Crippen molar-refractivity contribution in [1.82, 2.24) is 5.32 Å². The zero-order chi connectivity index (χ0) is 16.2. The zero-order valence-electron chi connectivity index (χ0n) is 13.2. The van der Waals surface area contributed by atoms with Gasteiger partial charge >= 0.3 is 5.97 Å². The van der Waals surface area contributed by atoms with Gasteiger partial charge in [-0.05, 0) is 30.9 Å². The lowest BCUT2D eigenvalue weighted by molar-refractivity contribution is -0.145. The van der Waals surface area contributed by atoms with Crippen LogP contribution in [-0.4, -0.2) is 29.6 Å². The lowest BCUT2D eigenvalue weighted by Gasteiger charge is -2.27. The zero-order valence-corrected chi connectivity index (χ0v) is 13.2. The number of carbonyl (C=O) groups excluding carboxylic acids is 1. The summed E-state index contributed by atoms with van der Waals surface area (Å²) in [6.07, 6.45) is 0. The molecule has 5 heteroatoms. The number of nitrogens with one attached hydrogen (secondary N) is 1. The summed E-state index contributed by atoms with van der Waals surface area (Å²) in [5.41, 5.74) is 1.48. The second kappa shape index (κ2) is 6.61. The molecule has 1 rings (SSSR count). The maximum atomic E-state index is 11.9. The third-order valence-corrected chi connectivity index (χ3v) is 3.11. The molecule has 0 spiro atoms. The van der Waals surface area contributed by atoms with Crippen LogP contribution in [0.1, 0.15) is 31.9 Å². The molecule has 0 bridgehead atoms. The van der Waals surface area contributed by atoms with E-state index in [1.54, 1.807) is 26.8 Å². The van der Waals surface area contributed by atoms with Gasteiger partial charge in [-0.3, -0.25) is 4.79 Å². The molecule has 1 aromatic carbocycles. The second-order valence-corrected chi connectivity index (χ2v) is 6.26. The first-order valence-corrected chi connectivity index (χ1v) is 6.83. The Labute approximate surface area is 125 Å². The summed E-state index contributed by atoms with van der Waals surface area (Å²) in [4.78, 5) is 23.0. The van der Waals surface area contributed by atoms with Crippen molar-refractivity contribution in [3.05, 3.63) is 29.3 Å². The van der Waals surface area contributed by atoms with Crippen LogP contribution in [0, 0.1) is 19.3 Å². The fraction of sp³-hybridized carbons (Fsp3) is 0.500. The fourth-order valence-corrected chi connectivity index (χ4v) is 1.96. The van der Waals surface area contributed by atoms with Crippen LogP contribution in [0.4, 0.5) is 0 Å². The molecule has 116 valence electrons. The number of hydrogen-bond donors (Lipinski definition) is 2. The average molecular weight is 293 g/mol.